The van der Waals surface area contributed by atoms with Crippen LogP contribution in [0.25, 0.3) is 0 Å². The van der Waals surface area contributed by atoms with Gasteiger partial charge in [-0.15, -0.1) is 0 Å². The van der Waals surface area contributed by atoms with Crippen molar-refractivity contribution in [1.29, 1.82) is 0 Å². The molecule has 82 valence electrons. The number of aromatic amines is 1. The monoisotopic (exact) mass is 229 g/mol. The van der Waals surface area contributed by atoms with Gasteiger partial charge < -0.3 is 10.1 Å². The standard InChI is InChI=1S/C9H12ClN3O2/c10-8-7(5-11-13-9(8)14)12-6-1-3-15-4-2-6/h5-6H,1-4H2,(H2,12,13,14). The highest BCUT2D eigenvalue weighted by Gasteiger charge is 2.15. The topological polar surface area (TPSA) is 67.0 Å². The van der Waals surface area contributed by atoms with E-state index in [0.29, 0.717) is 11.7 Å². The number of aromatic nitrogens is 2. The quantitative estimate of drug-likeness (QED) is 0.795. The Bertz CT molecular complexity index is 387. The second-order valence-electron chi connectivity index (χ2n) is 3.46. The lowest BCUT2D eigenvalue weighted by Gasteiger charge is -2.24. The van der Waals surface area contributed by atoms with Gasteiger partial charge in [0.1, 0.15) is 5.02 Å². The van der Waals surface area contributed by atoms with Crippen LogP contribution in [0, 0.1) is 0 Å². The van der Waals surface area contributed by atoms with Gasteiger partial charge in [-0.3, -0.25) is 4.79 Å². The molecule has 5 nitrogen and oxygen atoms in total. The first-order valence-electron chi connectivity index (χ1n) is 4.85. The van der Waals surface area contributed by atoms with Gasteiger partial charge in [0.05, 0.1) is 11.9 Å². The largest absolute Gasteiger partial charge is 0.381 e. The van der Waals surface area contributed by atoms with E-state index in [-0.39, 0.29) is 10.6 Å². The van der Waals surface area contributed by atoms with E-state index in [1.165, 1.54) is 6.20 Å². The van der Waals surface area contributed by atoms with E-state index in [2.05, 4.69) is 15.5 Å². The van der Waals surface area contributed by atoms with Crippen LogP contribution in [0.4, 0.5) is 5.69 Å². The van der Waals surface area contributed by atoms with Crippen LogP contribution in [0.15, 0.2) is 11.0 Å². The Balaban J connectivity index is 2.09. The summed E-state index contributed by atoms with van der Waals surface area (Å²) < 4.78 is 5.23. The fourth-order valence-electron chi connectivity index (χ4n) is 1.55. The number of nitrogens with zero attached hydrogens (tertiary/aromatic N) is 1. The lowest BCUT2D eigenvalue weighted by molar-refractivity contribution is 0.0904. The highest BCUT2D eigenvalue weighted by atomic mass is 35.5. The van der Waals surface area contributed by atoms with Gasteiger partial charge in [0, 0.05) is 19.3 Å². The maximum Gasteiger partial charge on any atom is 0.285 e. The zero-order valence-corrected chi connectivity index (χ0v) is 8.88. The van der Waals surface area contributed by atoms with Crippen LogP contribution in [0.5, 0.6) is 0 Å². The van der Waals surface area contributed by atoms with Gasteiger partial charge in [-0.25, -0.2) is 5.10 Å². The molecule has 0 atom stereocenters. The summed E-state index contributed by atoms with van der Waals surface area (Å²) >= 11 is 5.83. The Labute approximate surface area is 91.8 Å². The van der Waals surface area contributed by atoms with Crippen molar-refractivity contribution < 1.29 is 4.74 Å². The number of rotatable bonds is 2. The molecule has 0 saturated carbocycles. The van der Waals surface area contributed by atoms with E-state index < -0.39 is 0 Å². The molecule has 0 aromatic carbocycles. The molecule has 1 fully saturated rings. The van der Waals surface area contributed by atoms with Crippen molar-refractivity contribution in [2.24, 2.45) is 0 Å². The summed E-state index contributed by atoms with van der Waals surface area (Å²) in [5, 5.41) is 9.33. The van der Waals surface area contributed by atoms with Gasteiger partial charge in [-0.1, -0.05) is 11.6 Å². The first-order valence-corrected chi connectivity index (χ1v) is 5.22. The van der Waals surface area contributed by atoms with E-state index in [4.69, 9.17) is 16.3 Å². The van der Waals surface area contributed by atoms with Gasteiger partial charge >= 0.3 is 0 Å². The molecule has 1 aromatic rings. The first-order chi connectivity index (χ1) is 7.27. The van der Waals surface area contributed by atoms with Crippen LogP contribution >= 0.6 is 11.6 Å². The number of anilines is 1. The number of hydrogen-bond acceptors (Lipinski definition) is 4. The molecule has 1 aliphatic heterocycles. The van der Waals surface area contributed by atoms with E-state index >= 15 is 0 Å². The summed E-state index contributed by atoms with van der Waals surface area (Å²) in [6, 6.07) is 0.305. The van der Waals surface area contributed by atoms with E-state index in [9.17, 15) is 4.79 Å². The minimum Gasteiger partial charge on any atom is -0.381 e. The smallest absolute Gasteiger partial charge is 0.285 e. The van der Waals surface area contributed by atoms with E-state index in [0.717, 1.165) is 26.1 Å². The molecule has 1 aliphatic rings. The summed E-state index contributed by atoms with van der Waals surface area (Å²) in [5.41, 5.74) is 0.223. The fraction of sp³-hybridized carbons (Fsp3) is 0.556. The van der Waals surface area contributed by atoms with Crippen LogP contribution < -0.4 is 10.9 Å². The minimum absolute atomic E-state index is 0.163. The third kappa shape index (κ3) is 2.49. The highest BCUT2D eigenvalue weighted by Crippen LogP contribution is 2.19. The van der Waals surface area contributed by atoms with Crippen molar-refractivity contribution in [3.05, 3.63) is 21.6 Å². The van der Waals surface area contributed by atoms with Crippen LogP contribution in [-0.4, -0.2) is 29.5 Å². The Kier molecular flexibility index (Phi) is 3.23. The summed E-state index contributed by atoms with van der Waals surface area (Å²) in [6.07, 6.45) is 3.37. The molecular weight excluding hydrogens is 218 g/mol. The minimum atomic E-state index is -0.367. The molecule has 1 aromatic heterocycles. The average molecular weight is 230 g/mol. The van der Waals surface area contributed by atoms with Crippen molar-refractivity contribution >= 4 is 17.3 Å². The molecule has 1 saturated heterocycles. The number of hydrogen-bond donors (Lipinski definition) is 2. The predicted octanol–water partition coefficient (Wildman–Crippen LogP) is 1.01. The molecule has 0 spiro atoms. The molecule has 0 unspecified atom stereocenters. The second-order valence-corrected chi connectivity index (χ2v) is 3.84. The highest BCUT2D eigenvalue weighted by molar-refractivity contribution is 6.32. The molecule has 2 rings (SSSR count). The summed E-state index contributed by atoms with van der Waals surface area (Å²) in [4.78, 5) is 11.2. The van der Waals surface area contributed by atoms with Gasteiger partial charge in [-0.05, 0) is 12.8 Å². The van der Waals surface area contributed by atoms with Crippen LogP contribution in [-0.2, 0) is 4.74 Å². The molecule has 0 aliphatic carbocycles. The molecule has 15 heavy (non-hydrogen) atoms. The SMILES string of the molecule is O=c1[nH]ncc(NC2CCOCC2)c1Cl. The molecule has 2 heterocycles. The molecule has 0 bridgehead atoms. The Morgan fingerprint density at radius 3 is 3.00 bits per heavy atom. The molecular formula is C9H12ClN3O2. The van der Waals surface area contributed by atoms with Crippen LogP contribution in [0.2, 0.25) is 5.02 Å². The third-order valence-electron chi connectivity index (χ3n) is 2.38. The van der Waals surface area contributed by atoms with Gasteiger partial charge in [0.2, 0.25) is 0 Å². The van der Waals surface area contributed by atoms with Gasteiger partial charge in [0.15, 0.2) is 0 Å². The molecule has 2 N–H and O–H groups in total. The van der Waals surface area contributed by atoms with Gasteiger partial charge in [0.25, 0.3) is 5.56 Å². The van der Waals surface area contributed by atoms with Gasteiger partial charge in [-0.2, -0.15) is 5.10 Å². The zero-order valence-electron chi connectivity index (χ0n) is 8.12. The molecule has 6 heteroatoms. The maximum atomic E-state index is 11.2. The number of halogens is 1. The third-order valence-corrected chi connectivity index (χ3v) is 2.75. The number of ether oxygens (including phenoxy) is 1. The zero-order chi connectivity index (χ0) is 10.7. The fourth-order valence-corrected chi connectivity index (χ4v) is 1.69. The van der Waals surface area contributed by atoms with Crippen LogP contribution in [0.3, 0.4) is 0 Å². The van der Waals surface area contributed by atoms with Crippen LogP contribution in [0.1, 0.15) is 12.8 Å². The average Bonchev–Trinajstić information content (AvgIpc) is 2.26. The number of nitrogens with one attached hydrogen (secondary N) is 2. The Morgan fingerprint density at radius 1 is 1.53 bits per heavy atom. The lowest BCUT2D eigenvalue weighted by Crippen LogP contribution is -2.28. The Morgan fingerprint density at radius 2 is 2.27 bits per heavy atom. The molecule has 0 amide bonds. The summed E-state index contributed by atoms with van der Waals surface area (Å²) in [6.45, 7) is 1.48. The summed E-state index contributed by atoms with van der Waals surface area (Å²) in [7, 11) is 0. The summed E-state index contributed by atoms with van der Waals surface area (Å²) in [5.74, 6) is 0. The molecule has 0 radical (unpaired) electrons. The second kappa shape index (κ2) is 4.63. The Hall–Kier alpha value is -1.07. The lowest BCUT2D eigenvalue weighted by atomic mass is 10.1. The van der Waals surface area contributed by atoms with Crippen molar-refractivity contribution in [3.8, 4) is 0 Å². The van der Waals surface area contributed by atoms with Crippen molar-refractivity contribution in [1.82, 2.24) is 10.2 Å². The maximum absolute atomic E-state index is 11.2. The first kappa shape index (κ1) is 10.4. The predicted molar refractivity (Wildman–Crippen MR) is 57.3 cm³/mol. The normalized spacial score (nSPS) is 17.7. The van der Waals surface area contributed by atoms with Crippen molar-refractivity contribution in [2.75, 3.05) is 18.5 Å². The van der Waals surface area contributed by atoms with E-state index in [1.807, 2.05) is 0 Å². The van der Waals surface area contributed by atoms with E-state index in [1.54, 1.807) is 0 Å². The van der Waals surface area contributed by atoms with Crippen molar-refractivity contribution in [3.63, 3.8) is 0 Å². The van der Waals surface area contributed by atoms with Crippen molar-refractivity contribution in [2.45, 2.75) is 18.9 Å². The number of H-pyrrole nitrogens is 1.